The number of unbranched alkanes of at least 4 members (excludes halogenated alkanes) is 2. The monoisotopic (exact) mass is 332 g/mol. The molecule has 4 heteroatoms. The largest absolute Gasteiger partial charge is 0.344 e. The van der Waals surface area contributed by atoms with Crippen molar-refractivity contribution in [2.45, 2.75) is 59.3 Å². The first kappa shape index (κ1) is 19.2. The second kappa shape index (κ2) is 11.0. The van der Waals surface area contributed by atoms with Gasteiger partial charge in [-0.2, -0.15) is 0 Å². The summed E-state index contributed by atoms with van der Waals surface area (Å²) in [4.78, 5) is 9.80. The molecule has 0 aromatic carbocycles. The second-order valence-corrected chi connectivity index (χ2v) is 7.03. The molecule has 0 bridgehead atoms. The van der Waals surface area contributed by atoms with E-state index in [0.717, 1.165) is 25.7 Å². The zero-order valence-electron chi connectivity index (χ0n) is 10.9. The van der Waals surface area contributed by atoms with Crippen molar-refractivity contribution < 1.29 is 30.5 Å². The summed E-state index contributed by atoms with van der Waals surface area (Å²) < 4.78 is 11.9. The van der Waals surface area contributed by atoms with Gasteiger partial charge in [-0.15, -0.1) is 0 Å². The molecule has 16 heavy (non-hydrogen) atoms. The van der Waals surface area contributed by atoms with E-state index in [2.05, 4.69) is 20.8 Å². The van der Waals surface area contributed by atoms with Crippen LogP contribution in [0, 0.1) is 5.92 Å². The molecule has 0 aliphatic carbocycles. The van der Waals surface area contributed by atoms with Crippen LogP contribution in [0.1, 0.15) is 59.3 Å². The van der Waals surface area contributed by atoms with Crippen LogP contribution in [0.5, 0.6) is 0 Å². The fraction of sp³-hybridized carbons (Fsp3) is 1.00. The van der Waals surface area contributed by atoms with Crippen molar-refractivity contribution >= 4 is 7.37 Å². The molecular weight excluding hydrogens is 303 g/mol. The molecular formula is C12H27MoO2P. The van der Waals surface area contributed by atoms with Gasteiger partial charge in [-0.05, 0) is 18.8 Å². The minimum absolute atomic E-state index is 0. The molecule has 0 saturated heterocycles. The van der Waals surface area contributed by atoms with E-state index in [1.807, 2.05) is 0 Å². The van der Waals surface area contributed by atoms with Crippen molar-refractivity contribution in [3.05, 3.63) is 0 Å². The quantitative estimate of drug-likeness (QED) is 0.506. The fourth-order valence-electron chi connectivity index (χ4n) is 1.82. The molecule has 0 amide bonds. The Hall–Kier alpha value is 0.878. The first-order chi connectivity index (χ1) is 7.05. The molecule has 1 N–H and O–H groups in total. The Morgan fingerprint density at radius 3 is 2.12 bits per heavy atom. The molecule has 2 nitrogen and oxygen atoms in total. The first-order valence-corrected chi connectivity index (χ1v) is 8.39. The molecule has 0 aromatic rings. The van der Waals surface area contributed by atoms with Crippen LogP contribution in [0.2, 0.25) is 0 Å². The third-order valence-electron chi connectivity index (χ3n) is 2.95. The molecule has 2 unspecified atom stereocenters. The van der Waals surface area contributed by atoms with Crippen LogP contribution < -0.4 is 0 Å². The van der Waals surface area contributed by atoms with Gasteiger partial charge >= 0.3 is 0 Å². The summed E-state index contributed by atoms with van der Waals surface area (Å²) in [7, 11) is -2.82. The van der Waals surface area contributed by atoms with E-state index in [4.69, 9.17) is 0 Å². The van der Waals surface area contributed by atoms with Crippen LogP contribution in [-0.4, -0.2) is 17.2 Å². The topological polar surface area (TPSA) is 37.3 Å². The van der Waals surface area contributed by atoms with E-state index in [0.29, 0.717) is 18.2 Å². The molecule has 0 saturated carbocycles. The summed E-state index contributed by atoms with van der Waals surface area (Å²) in [6.07, 6.45) is 7.48. The standard InChI is InChI=1S/C12H27O2P.Mo/c1-4-7-9-12(6-3)11-15(13,14)10-8-5-2;/h12H,4-11H2,1-3H3,(H,13,14);. The van der Waals surface area contributed by atoms with Crippen LogP contribution >= 0.6 is 7.37 Å². The molecule has 0 aliphatic heterocycles. The normalized spacial score (nSPS) is 16.2. The fourth-order valence-corrected chi connectivity index (χ4v) is 4.06. The number of rotatable bonds is 9. The van der Waals surface area contributed by atoms with Gasteiger partial charge in [0.05, 0.1) is 0 Å². The Balaban J connectivity index is 0. The van der Waals surface area contributed by atoms with Crippen LogP contribution in [0.15, 0.2) is 0 Å². The molecule has 2 atom stereocenters. The summed E-state index contributed by atoms with van der Waals surface area (Å²) >= 11 is 0. The van der Waals surface area contributed by atoms with Gasteiger partial charge in [-0.3, -0.25) is 4.57 Å². The number of hydrogen-bond acceptors (Lipinski definition) is 1. The van der Waals surface area contributed by atoms with Gasteiger partial charge in [0, 0.05) is 33.4 Å². The molecule has 0 fully saturated rings. The zero-order valence-corrected chi connectivity index (χ0v) is 13.8. The van der Waals surface area contributed by atoms with Crippen molar-refractivity contribution in [3.63, 3.8) is 0 Å². The van der Waals surface area contributed by atoms with Crippen LogP contribution in [0.3, 0.4) is 0 Å². The third kappa shape index (κ3) is 10.1. The second-order valence-electron chi connectivity index (χ2n) is 4.52. The van der Waals surface area contributed by atoms with Crippen molar-refractivity contribution in [2.24, 2.45) is 5.92 Å². The Morgan fingerprint density at radius 1 is 1.12 bits per heavy atom. The van der Waals surface area contributed by atoms with Crippen LogP contribution in [0.25, 0.3) is 0 Å². The summed E-state index contributed by atoms with van der Waals surface area (Å²) in [5.74, 6) is 0.456. The molecule has 0 radical (unpaired) electrons. The zero-order chi connectivity index (χ0) is 11.7. The average Bonchev–Trinajstić information content (AvgIpc) is 2.21. The van der Waals surface area contributed by atoms with Gasteiger partial charge in [0.15, 0.2) is 0 Å². The van der Waals surface area contributed by atoms with E-state index in [9.17, 15) is 9.46 Å². The minimum Gasteiger partial charge on any atom is -0.344 e. The Morgan fingerprint density at radius 2 is 1.69 bits per heavy atom. The Bertz CT molecular complexity index is 197. The maximum Gasteiger partial charge on any atom is 0.200 e. The van der Waals surface area contributed by atoms with Gasteiger partial charge in [0.25, 0.3) is 0 Å². The molecule has 0 heterocycles. The van der Waals surface area contributed by atoms with Gasteiger partial charge < -0.3 is 4.89 Å². The van der Waals surface area contributed by atoms with Crippen molar-refractivity contribution in [2.75, 3.05) is 12.3 Å². The smallest absolute Gasteiger partial charge is 0.200 e. The maximum atomic E-state index is 11.9. The molecule has 98 valence electrons. The summed E-state index contributed by atoms with van der Waals surface area (Å²) in [6.45, 7) is 6.36. The average molecular weight is 330 g/mol. The van der Waals surface area contributed by atoms with E-state index < -0.39 is 7.37 Å². The van der Waals surface area contributed by atoms with E-state index >= 15 is 0 Å². The van der Waals surface area contributed by atoms with E-state index in [1.54, 1.807) is 0 Å². The molecule has 0 aliphatic rings. The van der Waals surface area contributed by atoms with Gasteiger partial charge in [0.2, 0.25) is 7.37 Å². The SMILES string of the molecule is CCCCC(CC)CP(=O)(O)CCCC.[Mo]. The first-order valence-electron chi connectivity index (χ1n) is 6.36. The van der Waals surface area contributed by atoms with Gasteiger partial charge in [-0.25, -0.2) is 0 Å². The Labute approximate surface area is 115 Å². The molecule has 0 aromatic heterocycles. The number of hydrogen-bond donors (Lipinski definition) is 1. The van der Waals surface area contributed by atoms with Crippen LogP contribution in [0.4, 0.5) is 0 Å². The van der Waals surface area contributed by atoms with Crippen molar-refractivity contribution in [3.8, 4) is 0 Å². The van der Waals surface area contributed by atoms with Crippen LogP contribution in [-0.2, 0) is 25.6 Å². The van der Waals surface area contributed by atoms with E-state index in [1.165, 1.54) is 12.8 Å². The third-order valence-corrected chi connectivity index (χ3v) is 5.05. The predicted molar refractivity (Wildman–Crippen MR) is 67.8 cm³/mol. The van der Waals surface area contributed by atoms with Crippen molar-refractivity contribution in [1.29, 1.82) is 0 Å². The van der Waals surface area contributed by atoms with Crippen molar-refractivity contribution in [1.82, 2.24) is 0 Å². The minimum atomic E-state index is -2.82. The predicted octanol–water partition coefficient (Wildman–Crippen LogP) is 4.27. The molecule has 0 rings (SSSR count). The molecule has 0 spiro atoms. The summed E-state index contributed by atoms with van der Waals surface area (Å²) in [6, 6.07) is 0. The Kier molecular flexibility index (Phi) is 13.2. The maximum absolute atomic E-state index is 11.9. The van der Waals surface area contributed by atoms with Gasteiger partial charge in [-0.1, -0.05) is 46.5 Å². The van der Waals surface area contributed by atoms with E-state index in [-0.39, 0.29) is 21.1 Å². The summed E-state index contributed by atoms with van der Waals surface area (Å²) in [5.41, 5.74) is 0. The summed E-state index contributed by atoms with van der Waals surface area (Å²) in [5, 5.41) is 0. The van der Waals surface area contributed by atoms with Gasteiger partial charge in [0.1, 0.15) is 0 Å².